The van der Waals surface area contributed by atoms with Crippen LogP contribution in [-0.4, -0.2) is 19.1 Å². The summed E-state index contributed by atoms with van der Waals surface area (Å²) in [6.07, 6.45) is 6.84. The summed E-state index contributed by atoms with van der Waals surface area (Å²) >= 11 is 6.45. The zero-order chi connectivity index (χ0) is 13.9. The molecule has 0 saturated heterocycles. The molecule has 2 saturated carbocycles. The molecule has 0 unspecified atom stereocenters. The lowest BCUT2D eigenvalue weighted by molar-refractivity contribution is 0.318. The van der Waals surface area contributed by atoms with E-state index in [4.69, 9.17) is 11.6 Å². The Morgan fingerprint density at radius 3 is 2.65 bits per heavy atom. The summed E-state index contributed by atoms with van der Waals surface area (Å²) < 4.78 is 0. The fraction of sp³-hybridized carbons (Fsp3) is 0.647. The van der Waals surface area contributed by atoms with Crippen LogP contribution in [0, 0.1) is 5.92 Å². The zero-order valence-corrected chi connectivity index (χ0v) is 13.1. The smallest absolute Gasteiger partial charge is 0.0471 e. The number of nitrogens with zero attached hydrogens (tertiary/aromatic N) is 1. The lowest BCUT2D eigenvalue weighted by Crippen LogP contribution is -2.33. The minimum Gasteiger partial charge on any atom is -0.371 e. The quantitative estimate of drug-likeness (QED) is 0.809. The van der Waals surface area contributed by atoms with Crippen LogP contribution in [0.25, 0.3) is 0 Å². The van der Waals surface area contributed by atoms with E-state index < -0.39 is 0 Å². The third-order valence-corrected chi connectivity index (χ3v) is 5.02. The van der Waals surface area contributed by atoms with Crippen LogP contribution in [0.1, 0.15) is 44.6 Å². The first-order valence-electron chi connectivity index (χ1n) is 8.03. The van der Waals surface area contributed by atoms with Gasteiger partial charge < -0.3 is 10.2 Å². The van der Waals surface area contributed by atoms with E-state index in [-0.39, 0.29) is 0 Å². The summed E-state index contributed by atoms with van der Waals surface area (Å²) in [4.78, 5) is 2.51. The molecule has 0 heterocycles. The van der Waals surface area contributed by atoms with Crippen molar-refractivity contribution in [3.8, 4) is 0 Å². The molecule has 1 aromatic carbocycles. The maximum absolute atomic E-state index is 6.45. The van der Waals surface area contributed by atoms with Crippen molar-refractivity contribution in [2.75, 3.05) is 18.0 Å². The topological polar surface area (TPSA) is 15.3 Å². The second-order valence-corrected chi connectivity index (χ2v) is 6.64. The van der Waals surface area contributed by atoms with Gasteiger partial charge in [0.15, 0.2) is 0 Å². The number of rotatable bonds is 7. The molecule has 1 N–H and O–H groups in total. The van der Waals surface area contributed by atoms with Crippen molar-refractivity contribution in [2.24, 2.45) is 5.92 Å². The molecule has 2 aliphatic carbocycles. The molecule has 0 bridgehead atoms. The molecule has 2 nitrogen and oxygen atoms in total. The van der Waals surface area contributed by atoms with Crippen LogP contribution < -0.4 is 10.2 Å². The first kappa shape index (κ1) is 14.2. The number of nitrogens with one attached hydrogen (secondary N) is 1. The molecular formula is C17H25ClN2. The monoisotopic (exact) mass is 292 g/mol. The van der Waals surface area contributed by atoms with Crippen molar-refractivity contribution in [3.05, 3.63) is 28.8 Å². The number of hydrogen-bond donors (Lipinski definition) is 1. The molecule has 110 valence electrons. The number of halogens is 1. The van der Waals surface area contributed by atoms with E-state index in [2.05, 4.69) is 29.3 Å². The van der Waals surface area contributed by atoms with E-state index in [0.29, 0.717) is 0 Å². The van der Waals surface area contributed by atoms with E-state index in [0.717, 1.165) is 30.1 Å². The standard InChI is InChI=1S/C17H25ClN2/c1-2-20(12-13-5-3-6-13)17-8-4-7-16(18)15(17)11-19-14-9-10-14/h4,7-8,13-14,19H,2-3,5-6,9-12H2,1H3. The van der Waals surface area contributed by atoms with Crippen LogP contribution in [0.2, 0.25) is 5.02 Å². The average Bonchev–Trinajstić information content (AvgIpc) is 3.20. The second kappa shape index (κ2) is 6.36. The Labute approximate surface area is 127 Å². The summed E-state index contributed by atoms with van der Waals surface area (Å²) in [5, 5.41) is 4.51. The van der Waals surface area contributed by atoms with Crippen LogP contribution in [0.5, 0.6) is 0 Å². The number of anilines is 1. The van der Waals surface area contributed by atoms with Gasteiger partial charge in [-0.05, 0) is 50.7 Å². The lowest BCUT2D eigenvalue weighted by Gasteiger charge is -2.34. The molecule has 0 amide bonds. The van der Waals surface area contributed by atoms with E-state index in [1.165, 1.54) is 49.9 Å². The van der Waals surface area contributed by atoms with Gasteiger partial charge in [-0.1, -0.05) is 24.1 Å². The van der Waals surface area contributed by atoms with Gasteiger partial charge in [-0.2, -0.15) is 0 Å². The van der Waals surface area contributed by atoms with Gasteiger partial charge >= 0.3 is 0 Å². The summed E-state index contributed by atoms with van der Waals surface area (Å²) in [6.45, 7) is 5.40. The molecule has 0 spiro atoms. The fourth-order valence-corrected chi connectivity index (χ4v) is 3.17. The molecular weight excluding hydrogens is 268 g/mol. The predicted octanol–water partition coefficient (Wildman–Crippen LogP) is 4.22. The summed E-state index contributed by atoms with van der Waals surface area (Å²) in [5.41, 5.74) is 2.61. The van der Waals surface area contributed by atoms with Crippen LogP contribution in [0.15, 0.2) is 18.2 Å². The third kappa shape index (κ3) is 3.29. The Kier molecular flexibility index (Phi) is 4.52. The highest BCUT2D eigenvalue weighted by Gasteiger charge is 2.24. The second-order valence-electron chi connectivity index (χ2n) is 6.23. The van der Waals surface area contributed by atoms with Gasteiger partial charge in [-0.3, -0.25) is 0 Å². The minimum atomic E-state index is 0.723. The molecule has 0 aromatic heterocycles. The Hall–Kier alpha value is -0.730. The van der Waals surface area contributed by atoms with E-state index in [1.807, 2.05) is 6.07 Å². The van der Waals surface area contributed by atoms with Crippen LogP contribution in [0.3, 0.4) is 0 Å². The van der Waals surface area contributed by atoms with Gasteiger partial charge in [-0.15, -0.1) is 0 Å². The first-order valence-corrected chi connectivity index (χ1v) is 8.41. The van der Waals surface area contributed by atoms with E-state index in [1.54, 1.807) is 0 Å². The lowest BCUT2D eigenvalue weighted by atomic mass is 9.85. The zero-order valence-electron chi connectivity index (χ0n) is 12.4. The van der Waals surface area contributed by atoms with Crippen molar-refractivity contribution >= 4 is 17.3 Å². The van der Waals surface area contributed by atoms with Gasteiger partial charge in [0.25, 0.3) is 0 Å². The molecule has 20 heavy (non-hydrogen) atoms. The normalized spacial score (nSPS) is 18.9. The third-order valence-electron chi connectivity index (χ3n) is 4.66. The van der Waals surface area contributed by atoms with Gasteiger partial charge in [0.2, 0.25) is 0 Å². The van der Waals surface area contributed by atoms with E-state index in [9.17, 15) is 0 Å². The molecule has 3 rings (SSSR count). The van der Waals surface area contributed by atoms with E-state index >= 15 is 0 Å². The average molecular weight is 293 g/mol. The summed E-state index contributed by atoms with van der Waals surface area (Å²) in [6, 6.07) is 7.06. The summed E-state index contributed by atoms with van der Waals surface area (Å²) in [5.74, 6) is 0.887. The van der Waals surface area contributed by atoms with Crippen molar-refractivity contribution in [3.63, 3.8) is 0 Å². The molecule has 0 atom stereocenters. The Bertz CT molecular complexity index is 452. The highest BCUT2D eigenvalue weighted by atomic mass is 35.5. The molecule has 3 heteroatoms. The van der Waals surface area contributed by atoms with Gasteiger partial charge in [0.1, 0.15) is 0 Å². The van der Waals surface area contributed by atoms with Crippen molar-refractivity contribution in [1.29, 1.82) is 0 Å². The van der Waals surface area contributed by atoms with Crippen molar-refractivity contribution < 1.29 is 0 Å². The van der Waals surface area contributed by atoms with Crippen molar-refractivity contribution in [1.82, 2.24) is 5.32 Å². The highest BCUT2D eigenvalue weighted by Crippen LogP contribution is 2.33. The Morgan fingerprint density at radius 1 is 1.25 bits per heavy atom. The first-order chi connectivity index (χ1) is 9.78. The van der Waals surface area contributed by atoms with Gasteiger partial charge in [-0.25, -0.2) is 0 Å². The molecule has 0 aliphatic heterocycles. The summed E-state index contributed by atoms with van der Waals surface area (Å²) in [7, 11) is 0. The number of hydrogen-bond acceptors (Lipinski definition) is 2. The molecule has 0 radical (unpaired) electrons. The highest BCUT2D eigenvalue weighted by molar-refractivity contribution is 6.31. The SMILES string of the molecule is CCN(CC1CCC1)c1cccc(Cl)c1CNC1CC1. The van der Waals surface area contributed by atoms with Crippen LogP contribution >= 0.6 is 11.6 Å². The van der Waals surface area contributed by atoms with Crippen molar-refractivity contribution in [2.45, 2.75) is 51.6 Å². The minimum absolute atomic E-state index is 0.723. The largest absolute Gasteiger partial charge is 0.371 e. The molecule has 2 aliphatic rings. The van der Waals surface area contributed by atoms with Gasteiger partial charge in [0.05, 0.1) is 0 Å². The fourth-order valence-electron chi connectivity index (χ4n) is 2.94. The Morgan fingerprint density at radius 2 is 2.05 bits per heavy atom. The maximum atomic E-state index is 6.45. The maximum Gasteiger partial charge on any atom is 0.0471 e. The van der Waals surface area contributed by atoms with Crippen LogP contribution in [-0.2, 0) is 6.54 Å². The predicted molar refractivity (Wildman–Crippen MR) is 86.5 cm³/mol. The molecule has 2 fully saturated rings. The number of benzene rings is 1. The van der Waals surface area contributed by atoms with Crippen LogP contribution in [0.4, 0.5) is 5.69 Å². The van der Waals surface area contributed by atoms with Gasteiger partial charge in [0, 0.05) is 41.9 Å². The Balaban J connectivity index is 1.75. The molecule has 1 aromatic rings.